The predicted molar refractivity (Wildman–Crippen MR) is 68.3 cm³/mol. The maximum atomic E-state index is 13.2. The fourth-order valence-electron chi connectivity index (χ4n) is 1.48. The average Bonchev–Trinajstić information content (AvgIpc) is 2.29. The van der Waals surface area contributed by atoms with E-state index in [9.17, 15) is 8.60 Å². The first-order chi connectivity index (χ1) is 8.04. The van der Waals surface area contributed by atoms with Crippen molar-refractivity contribution in [3.8, 4) is 5.75 Å². The number of rotatable bonds is 6. The second-order valence-corrected chi connectivity index (χ2v) is 5.40. The van der Waals surface area contributed by atoms with Gasteiger partial charge >= 0.3 is 0 Å². The molecule has 2 unspecified atom stereocenters. The van der Waals surface area contributed by atoms with E-state index in [0.29, 0.717) is 12.3 Å². The minimum absolute atomic E-state index is 0.0769. The van der Waals surface area contributed by atoms with Crippen molar-refractivity contribution in [2.75, 3.05) is 25.7 Å². The van der Waals surface area contributed by atoms with E-state index in [4.69, 9.17) is 4.74 Å². The summed E-state index contributed by atoms with van der Waals surface area (Å²) < 4.78 is 29.0. The van der Waals surface area contributed by atoms with Crippen LogP contribution in [0.5, 0.6) is 5.75 Å². The van der Waals surface area contributed by atoms with Crippen molar-refractivity contribution in [1.82, 2.24) is 5.32 Å². The summed E-state index contributed by atoms with van der Waals surface area (Å²) in [5, 5.41) is 3.23. The number of benzene rings is 1. The highest BCUT2D eigenvalue weighted by Gasteiger charge is 2.09. The molecule has 1 aromatic carbocycles. The van der Waals surface area contributed by atoms with Crippen LogP contribution in [-0.2, 0) is 10.8 Å². The lowest BCUT2D eigenvalue weighted by atomic mass is 10.1. The highest BCUT2D eigenvalue weighted by Crippen LogP contribution is 2.22. The molecule has 0 aliphatic carbocycles. The van der Waals surface area contributed by atoms with E-state index >= 15 is 0 Å². The smallest absolute Gasteiger partial charge is 0.165 e. The largest absolute Gasteiger partial charge is 0.494 e. The van der Waals surface area contributed by atoms with Gasteiger partial charge in [0, 0.05) is 35.4 Å². The molecule has 0 saturated heterocycles. The third-order valence-corrected chi connectivity index (χ3v) is 3.29. The predicted octanol–water partition coefficient (Wildman–Crippen LogP) is 1.86. The van der Waals surface area contributed by atoms with E-state index in [1.54, 1.807) is 18.4 Å². The maximum absolute atomic E-state index is 13.2. The molecule has 1 N–H and O–H groups in total. The molecule has 0 aliphatic rings. The van der Waals surface area contributed by atoms with Crippen molar-refractivity contribution >= 4 is 10.8 Å². The Kier molecular flexibility index (Phi) is 5.58. The Morgan fingerprint density at radius 1 is 1.53 bits per heavy atom. The molecule has 96 valence electrons. The van der Waals surface area contributed by atoms with Crippen LogP contribution in [0.4, 0.5) is 4.39 Å². The Labute approximate surface area is 104 Å². The highest BCUT2D eigenvalue weighted by molar-refractivity contribution is 7.84. The number of hydrogen-bond acceptors (Lipinski definition) is 3. The standard InChI is InChI=1S/C12H18FNO2S/c1-9(14-6-7-17(3)15)10-4-5-11(13)12(8-10)16-2/h4-5,8-9,14H,6-7H2,1-3H3. The quantitative estimate of drug-likeness (QED) is 0.847. The molecular weight excluding hydrogens is 241 g/mol. The van der Waals surface area contributed by atoms with Crippen LogP contribution < -0.4 is 10.1 Å². The van der Waals surface area contributed by atoms with E-state index in [0.717, 1.165) is 5.56 Å². The zero-order chi connectivity index (χ0) is 12.8. The van der Waals surface area contributed by atoms with Crippen molar-refractivity contribution in [2.24, 2.45) is 0 Å². The van der Waals surface area contributed by atoms with Crippen molar-refractivity contribution in [2.45, 2.75) is 13.0 Å². The van der Waals surface area contributed by atoms with E-state index < -0.39 is 10.8 Å². The second kappa shape index (κ2) is 6.71. The van der Waals surface area contributed by atoms with Gasteiger partial charge in [0.2, 0.25) is 0 Å². The van der Waals surface area contributed by atoms with Gasteiger partial charge in [0.05, 0.1) is 7.11 Å². The van der Waals surface area contributed by atoms with Gasteiger partial charge in [-0.25, -0.2) is 4.39 Å². The highest BCUT2D eigenvalue weighted by atomic mass is 32.2. The zero-order valence-corrected chi connectivity index (χ0v) is 11.1. The fraction of sp³-hybridized carbons (Fsp3) is 0.500. The molecule has 0 amide bonds. The summed E-state index contributed by atoms with van der Waals surface area (Å²) in [6.07, 6.45) is 1.67. The molecule has 0 fully saturated rings. The van der Waals surface area contributed by atoms with Gasteiger partial charge in [-0.1, -0.05) is 6.07 Å². The summed E-state index contributed by atoms with van der Waals surface area (Å²) in [4.78, 5) is 0. The summed E-state index contributed by atoms with van der Waals surface area (Å²) in [7, 11) is 0.650. The van der Waals surface area contributed by atoms with Gasteiger partial charge in [-0.15, -0.1) is 0 Å². The molecule has 3 nitrogen and oxygen atoms in total. The van der Waals surface area contributed by atoms with E-state index in [2.05, 4.69) is 5.32 Å². The molecule has 0 heterocycles. The lowest BCUT2D eigenvalue weighted by Gasteiger charge is -2.15. The number of methoxy groups -OCH3 is 1. The first-order valence-corrected chi connectivity index (χ1v) is 7.14. The zero-order valence-electron chi connectivity index (χ0n) is 10.3. The van der Waals surface area contributed by atoms with Gasteiger partial charge in [-0.05, 0) is 24.6 Å². The lowest BCUT2D eigenvalue weighted by Crippen LogP contribution is -2.23. The van der Waals surface area contributed by atoms with Gasteiger partial charge < -0.3 is 10.1 Å². The molecule has 0 bridgehead atoms. The van der Waals surface area contributed by atoms with Crippen LogP contribution in [0.15, 0.2) is 18.2 Å². The number of hydrogen-bond donors (Lipinski definition) is 1. The summed E-state index contributed by atoms with van der Waals surface area (Å²) in [5.41, 5.74) is 0.949. The van der Waals surface area contributed by atoms with Crippen molar-refractivity contribution in [1.29, 1.82) is 0 Å². The van der Waals surface area contributed by atoms with Crippen LogP contribution in [0.1, 0.15) is 18.5 Å². The summed E-state index contributed by atoms with van der Waals surface area (Å²) in [6, 6.07) is 4.87. The molecule has 2 atom stereocenters. The summed E-state index contributed by atoms with van der Waals surface area (Å²) in [5.74, 6) is 0.496. The third kappa shape index (κ3) is 4.44. The fourth-order valence-corrected chi connectivity index (χ4v) is 1.89. The van der Waals surface area contributed by atoms with E-state index in [-0.39, 0.29) is 17.6 Å². The Hall–Kier alpha value is -0.940. The van der Waals surface area contributed by atoms with Gasteiger partial charge in [0.15, 0.2) is 11.6 Å². The molecule has 17 heavy (non-hydrogen) atoms. The molecule has 0 spiro atoms. The Bertz CT molecular complexity index is 398. The van der Waals surface area contributed by atoms with Gasteiger partial charge in [0.1, 0.15) is 0 Å². The monoisotopic (exact) mass is 259 g/mol. The minimum atomic E-state index is -0.795. The number of nitrogens with one attached hydrogen (secondary N) is 1. The molecule has 0 aromatic heterocycles. The SMILES string of the molecule is COc1cc(C(C)NCCS(C)=O)ccc1F. The van der Waals surface area contributed by atoms with Crippen LogP contribution in [0, 0.1) is 5.82 Å². The average molecular weight is 259 g/mol. The van der Waals surface area contributed by atoms with Crippen LogP contribution in [0.2, 0.25) is 0 Å². The Balaban J connectivity index is 2.62. The third-order valence-electron chi connectivity index (χ3n) is 2.52. The molecule has 0 aliphatic heterocycles. The molecule has 0 radical (unpaired) electrons. The Morgan fingerprint density at radius 2 is 2.24 bits per heavy atom. The van der Waals surface area contributed by atoms with Crippen molar-refractivity contribution in [3.05, 3.63) is 29.6 Å². The van der Waals surface area contributed by atoms with Crippen LogP contribution in [-0.4, -0.2) is 29.9 Å². The Morgan fingerprint density at radius 3 is 2.82 bits per heavy atom. The van der Waals surface area contributed by atoms with Gasteiger partial charge in [-0.2, -0.15) is 0 Å². The minimum Gasteiger partial charge on any atom is -0.494 e. The van der Waals surface area contributed by atoms with E-state index in [1.807, 2.05) is 6.92 Å². The first-order valence-electron chi connectivity index (χ1n) is 5.41. The summed E-state index contributed by atoms with van der Waals surface area (Å²) in [6.45, 7) is 2.65. The van der Waals surface area contributed by atoms with Gasteiger partial charge in [0.25, 0.3) is 0 Å². The maximum Gasteiger partial charge on any atom is 0.165 e. The van der Waals surface area contributed by atoms with E-state index in [1.165, 1.54) is 13.2 Å². The first kappa shape index (κ1) is 14.1. The molecular formula is C12H18FNO2S. The topological polar surface area (TPSA) is 38.3 Å². The van der Waals surface area contributed by atoms with Crippen LogP contribution in [0.3, 0.4) is 0 Å². The second-order valence-electron chi connectivity index (χ2n) is 3.85. The van der Waals surface area contributed by atoms with Crippen LogP contribution >= 0.6 is 0 Å². The lowest BCUT2D eigenvalue weighted by molar-refractivity contribution is 0.385. The van der Waals surface area contributed by atoms with Crippen molar-refractivity contribution in [3.63, 3.8) is 0 Å². The normalized spacial score (nSPS) is 14.4. The molecule has 0 saturated carbocycles. The molecule has 5 heteroatoms. The molecule has 1 aromatic rings. The summed E-state index contributed by atoms with van der Waals surface area (Å²) >= 11 is 0. The van der Waals surface area contributed by atoms with Gasteiger partial charge in [-0.3, -0.25) is 4.21 Å². The number of halogens is 1. The van der Waals surface area contributed by atoms with Crippen molar-refractivity contribution < 1.29 is 13.3 Å². The molecule has 1 rings (SSSR count). The number of ether oxygens (including phenoxy) is 1. The van der Waals surface area contributed by atoms with Crippen LogP contribution in [0.25, 0.3) is 0 Å².